The Morgan fingerprint density at radius 1 is 1.24 bits per heavy atom. The third-order valence-corrected chi connectivity index (χ3v) is 4.15. The molecular formula is C21H19ClN2O5. The minimum atomic E-state index is -0.560. The average molecular weight is 415 g/mol. The SMILES string of the molecule is CCNC(=O)COc1ccc(/C=C2\N=C(c3cccc(Cl)c3)OC2=O)cc1OC. The summed E-state index contributed by atoms with van der Waals surface area (Å²) in [6.07, 6.45) is 1.58. The molecule has 1 amide bonds. The summed E-state index contributed by atoms with van der Waals surface area (Å²) in [4.78, 5) is 28.0. The largest absolute Gasteiger partial charge is 0.493 e. The van der Waals surface area contributed by atoms with Crippen molar-refractivity contribution in [3.05, 3.63) is 64.3 Å². The summed E-state index contributed by atoms with van der Waals surface area (Å²) in [5, 5.41) is 3.17. The molecule has 0 saturated heterocycles. The molecule has 2 aromatic rings. The smallest absolute Gasteiger partial charge is 0.363 e. The molecule has 1 aliphatic rings. The average Bonchev–Trinajstić information content (AvgIpc) is 3.07. The van der Waals surface area contributed by atoms with Crippen molar-refractivity contribution in [3.8, 4) is 11.5 Å². The number of carbonyl (C=O) groups is 2. The Labute approximate surface area is 172 Å². The number of aliphatic imine (C=N–C) groups is 1. The Morgan fingerprint density at radius 2 is 2.07 bits per heavy atom. The van der Waals surface area contributed by atoms with E-state index in [0.29, 0.717) is 34.2 Å². The third kappa shape index (κ3) is 5.14. The molecule has 1 N–H and O–H groups in total. The van der Waals surface area contributed by atoms with E-state index in [0.717, 1.165) is 0 Å². The van der Waals surface area contributed by atoms with Crippen molar-refractivity contribution in [3.63, 3.8) is 0 Å². The van der Waals surface area contributed by atoms with Gasteiger partial charge in [0.2, 0.25) is 5.90 Å². The predicted octanol–water partition coefficient (Wildman–Crippen LogP) is 3.21. The number of hydrogen-bond acceptors (Lipinski definition) is 6. The number of hydrogen-bond donors (Lipinski definition) is 1. The van der Waals surface area contributed by atoms with E-state index in [9.17, 15) is 9.59 Å². The van der Waals surface area contributed by atoms with Gasteiger partial charge < -0.3 is 19.5 Å². The maximum absolute atomic E-state index is 12.2. The van der Waals surface area contributed by atoms with Gasteiger partial charge in [0, 0.05) is 17.1 Å². The van der Waals surface area contributed by atoms with Crippen molar-refractivity contribution < 1.29 is 23.8 Å². The number of amides is 1. The van der Waals surface area contributed by atoms with Gasteiger partial charge in [0.25, 0.3) is 5.91 Å². The quantitative estimate of drug-likeness (QED) is 0.555. The van der Waals surface area contributed by atoms with Crippen LogP contribution < -0.4 is 14.8 Å². The number of benzene rings is 2. The van der Waals surface area contributed by atoms with Gasteiger partial charge in [-0.2, -0.15) is 0 Å². The van der Waals surface area contributed by atoms with Crippen LogP contribution in [0, 0.1) is 0 Å². The maximum Gasteiger partial charge on any atom is 0.363 e. The molecular weight excluding hydrogens is 396 g/mol. The highest BCUT2D eigenvalue weighted by Gasteiger charge is 2.24. The Bertz CT molecular complexity index is 1000. The number of ether oxygens (including phenoxy) is 3. The van der Waals surface area contributed by atoms with Gasteiger partial charge in [-0.15, -0.1) is 0 Å². The number of carbonyl (C=O) groups excluding carboxylic acids is 2. The van der Waals surface area contributed by atoms with Crippen LogP contribution in [0.1, 0.15) is 18.1 Å². The molecule has 8 heteroatoms. The van der Waals surface area contributed by atoms with Crippen molar-refractivity contribution in [2.75, 3.05) is 20.3 Å². The van der Waals surface area contributed by atoms with E-state index in [-0.39, 0.29) is 24.1 Å². The normalized spacial score (nSPS) is 14.4. The second-order valence-corrected chi connectivity index (χ2v) is 6.44. The number of methoxy groups -OCH3 is 1. The molecule has 0 atom stereocenters. The van der Waals surface area contributed by atoms with E-state index in [1.165, 1.54) is 7.11 Å². The second-order valence-electron chi connectivity index (χ2n) is 6.00. The molecule has 0 saturated carbocycles. The molecule has 0 aromatic heterocycles. The van der Waals surface area contributed by atoms with Crippen molar-refractivity contribution >= 4 is 35.5 Å². The highest BCUT2D eigenvalue weighted by Crippen LogP contribution is 2.30. The Kier molecular flexibility index (Phi) is 6.51. The van der Waals surface area contributed by atoms with Crippen molar-refractivity contribution in [2.24, 2.45) is 4.99 Å². The van der Waals surface area contributed by atoms with Gasteiger partial charge in [-0.25, -0.2) is 9.79 Å². The number of rotatable bonds is 7. The summed E-state index contributed by atoms with van der Waals surface area (Å²) >= 11 is 5.98. The highest BCUT2D eigenvalue weighted by molar-refractivity contribution is 6.31. The van der Waals surface area contributed by atoms with E-state index in [1.54, 1.807) is 48.5 Å². The molecule has 7 nitrogen and oxygen atoms in total. The zero-order chi connectivity index (χ0) is 20.8. The van der Waals surface area contributed by atoms with Crippen LogP contribution in [0.4, 0.5) is 0 Å². The van der Waals surface area contributed by atoms with Gasteiger partial charge in [0.15, 0.2) is 23.8 Å². The minimum absolute atomic E-state index is 0.121. The molecule has 0 fully saturated rings. The van der Waals surface area contributed by atoms with Crippen LogP contribution in [0.3, 0.4) is 0 Å². The monoisotopic (exact) mass is 414 g/mol. The van der Waals surface area contributed by atoms with Crippen LogP contribution >= 0.6 is 11.6 Å². The third-order valence-electron chi connectivity index (χ3n) is 3.92. The van der Waals surface area contributed by atoms with E-state index in [4.69, 9.17) is 25.8 Å². The fourth-order valence-electron chi connectivity index (χ4n) is 2.60. The van der Waals surface area contributed by atoms with Gasteiger partial charge in [-0.1, -0.05) is 23.7 Å². The molecule has 150 valence electrons. The first-order valence-corrected chi connectivity index (χ1v) is 9.24. The Balaban J connectivity index is 1.80. The number of likely N-dealkylation sites (N-methyl/N-ethyl adjacent to an activating group) is 1. The lowest BCUT2D eigenvalue weighted by Crippen LogP contribution is -2.28. The summed E-state index contributed by atoms with van der Waals surface area (Å²) in [7, 11) is 1.49. The molecule has 3 rings (SSSR count). The fraction of sp³-hybridized carbons (Fsp3) is 0.190. The molecule has 0 spiro atoms. The number of halogens is 1. The molecule has 0 bridgehead atoms. The fourth-order valence-corrected chi connectivity index (χ4v) is 2.79. The van der Waals surface area contributed by atoms with E-state index in [1.807, 2.05) is 6.92 Å². The Morgan fingerprint density at radius 3 is 2.79 bits per heavy atom. The summed E-state index contributed by atoms with van der Waals surface area (Å²) in [5.74, 6) is 0.248. The molecule has 0 aliphatic carbocycles. The maximum atomic E-state index is 12.2. The van der Waals surface area contributed by atoms with Gasteiger partial charge in [-0.3, -0.25) is 4.79 Å². The number of nitrogens with zero attached hydrogens (tertiary/aromatic N) is 1. The number of esters is 1. The van der Waals surface area contributed by atoms with Gasteiger partial charge in [0.1, 0.15) is 0 Å². The van der Waals surface area contributed by atoms with E-state index in [2.05, 4.69) is 10.3 Å². The summed E-state index contributed by atoms with van der Waals surface area (Å²) in [6, 6.07) is 12.0. The van der Waals surface area contributed by atoms with E-state index < -0.39 is 5.97 Å². The zero-order valence-electron chi connectivity index (χ0n) is 15.9. The van der Waals surface area contributed by atoms with Crippen LogP contribution in [0.25, 0.3) is 6.08 Å². The first-order chi connectivity index (χ1) is 14.0. The van der Waals surface area contributed by atoms with Gasteiger partial charge in [0.05, 0.1) is 7.11 Å². The van der Waals surface area contributed by atoms with Gasteiger partial charge in [-0.05, 0) is 48.9 Å². The van der Waals surface area contributed by atoms with E-state index >= 15 is 0 Å². The number of nitrogens with one attached hydrogen (secondary N) is 1. The Hall–Kier alpha value is -3.32. The van der Waals surface area contributed by atoms with Crippen molar-refractivity contribution in [1.29, 1.82) is 0 Å². The second kappa shape index (κ2) is 9.25. The molecule has 1 heterocycles. The highest BCUT2D eigenvalue weighted by atomic mass is 35.5. The van der Waals surface area contributed by atoms with Gasteiger partial charge >= 0.3 is 5.97 Å². The van der Waals surface area contributed by atoms with Crippen molar-refractivity contribution in [2.45, 2.75) is 6.92 Å². The lowest BCUT2D eigenvalue weighted by molar-refractivity contribution is -0.130. The zero-order valence-corrected chi connectivity index (χ0v) is 16.7. The lowest BCUT2D eigenvalue weighted by Gasteiger charge is -2.11. The first-order valence-electron chi connectivity index (χ1n) is 8.86. The molecule has 2 aromatic carbocycles. The molecule has 0 unspecified atom stereocenters. The molecule has 1 aliphatic heterocycles. The van der Waals surface area contributed by atoms with Crippen LogP contribution in [-0.4, -0.2) is 38.0 Å². The van der Waals surface area contributed by atoms with Crippen LogP contribution in [-0.2, 0) is 14.3 Å². The van der Waals surface area contributed by atoms with Crippen molar-refractivity contribution in [1.82, 2.24) is 5.32 Å². The summed E-state index contributed by atoms with van der Waals surface area (Å²) < 4.78 is 16.0. The standard InChI is InChI=1S/C21H19ClN2O5/c1-3-23-19(25)12-28-17-8-7-13(10-18(17)27-2)9-16-21(26)29-20(24-16)14-5-4-6-15(22)11-14/h4-11H,3,12H2,1-2H3,(H,23,25)/b16-9-. The minimum Gasteiger partial charge on any atom is -0.493 e. The molecule has 0 radical (unpaired) electrons. The lowest BCUT2D eigenvalue weighted by atomic mass is 10.1. The summed E-state index contributed by atoms with van der Waals surface area (Å²) in [5.41, 5.74) is 1.43. The molecule has 29 heavy (non-hydrogen) atoms. The summed E-state index contributed by atoms with van der Waals surface area (Å²) in [6.45, 7) is 2.24. The van der Waals surface area contributed by atoms with Crippen LogP contribution in [0.15, 0.2) is 53.2 Å². The predicted molar refractivity (Wildman–Crippen MR) is 109 cm³/mol. The van der Waals surface area contributed by atoms with Crippen LogP contribution in [0.5, 0.6) is 11.5 Å². The number of cyclic esters (lactones) is 1. The van der Waals surface area contributed by atoms with Crippen LogP contribution in [0.2, 0.25) is 5.02 Å². The first kappa shape index (κ1) is 20.4. The topological polar surface area (TPSA) is 86.2 Å².